The van der Waals surface area contributed by atoms with E-state index in [1.54, 1.807) is 11.3 Å². The van der Waals surface area contributed by atoms with Crippen LogP contribution in [0.4, 0.5) is 5.82 Å². The van der Waals surface area contributed by atoms with Crippen LogP contribution in [-0.4, -0.2) is 23.1 Å². The van der Waals surface area contributed by atoms with Crippen LogP contribution in [0.1, 0.15) is 35.7 Å². The van der Waals surface area contributed by atoms with E-state index in [9.17, 15) is 0 Å². The molecule has 1 N–H and O–H groups in total. The van der Waals surface area contributed by atoms with Gasteiger partial charge in [-0.3, -0.25) is 0 Å². The third-order valence-corrected chi connectivity index (χ3v) is 4.07. The largest absolute Gasteiger partial charge is 0.354 e. The lowest BCUT2D eigenvalue weighted by Crippen LogP contribution is -2.23. The second-order valence-corrected chi connectivity index (χ2v) is 6.80. The molecule has 0 spiro atoms. The maximum absolute atomic E-state index is 4.62. The molecule has 2 rings (SSSR count). The minimum absolute atomic E-state index is 0.487. The molecule has 0 radical (unpaired) electrons. The Morgan fingerprint density at radius 1 is 1.33 bits per heavy atom. The third kappa shape index (κ3) is 4.51. The highest BCUT2D eigenvalue weighted by atomic mass is 32.1. The molecule has 0 bridgehead atoms. The molecule has 0 amide bonds. The van der Waals surface area contributed by atoms with E-state index in [0.29, 0.717) is 6.04 Å². The van der Waals surface area contributed by atoms with E-state index in [2.05, 4.69) is 59.4 Å². The molecule has 0 fully saturated rings. The Bertz CT molecular complexity index is 592. The van der Waals surface area contributed by atoms with E-state index in [0.717, 1.165) is 29.6 Å². The van der Waals surface area contributed by atoms with Crippen molar-refractivity contribution in [3.05, 3.63) is 39.5 Å². The summed E-state index contributed by atoms with van der Waals surface area (Å²) < 4.78 is 0. The Labute approximate surface area is 131 Å². The van der Waals surface area contributed by atoms with Crippen molar-refractivity contribution in [1.29, 1.82) is 0 Å². The molecule has 2 aromatic rings. The van der Waals surface area contributed by atoms with Gasteiger partial charge in [0.05, 0.1) is 17.2 Å². The van der Waals surface area contributed by atoms with Crippen LogP contribution in [0.15, 0.2) is 17.6 Å². The Morgan fingerprint density at radius 3 is 2.67 bits per heavy atom. The maximum atomic E-state index is 4.62. The molecule has 0 aliphatic heterocycles. The first kappa shape index (κ1) is 15.9. The number of hydrogen-bond donors (Lipinski definition) is 1. The van der Waals surface area contributed by atoms with Crippen molar-refractivity contribution in [3.8, 4) is 0 Å². The lowest BCUT2D eigenvalue weighted by molar-refractivity contribution is 0.587. The van der Waals surface area contributed by atoms with E-state index < -0.39 is 0 Å². The maximum Gasteiger partial charge on any atom is 0.131 e. The summed E-state index contributed by atoms with van der Waals surface area (Å²) in [6.45, 7) is 10.1. The summed E-state index contributed by atoms with van der Waals surface area (Å²) in [6.07, 6.45) is 1.96. The first-order chi connectivity index (χ1) is 9.95. The zero-order valence-corrected chi connectivity index (χ0v) is 14.3. The first-order valence-electron chi connectivity index (χ1n) is 7.26. The second kappa shape index (κ2) is 7.00. The molecule has 2 aromatic heterocycles. The van der Waals surface area contributed by atoms with Gasteiger partial charge in [0, 0.05) is 31.2 Å². The van der Waals surface area contributed by atoms with Crippen LogP contribution >= 0.6 is 11.3 Å². The molecule has 114 valence electrons. The Balaban J connectivity index is 2.05. The smallest absolute Gasteiger partial charge is 0.131 e. The zero-order chi connectivity index (χ0) is 15.4. The van der Waals surface area contributed by atoms with Gasteiger partial charge in [0.2, 0.25) is 0 Å². The van der Waals surface area contributed by atoms with Crippen molar-refractivity contribution in [1.82, 2.24) is 15.3 Å². The number of hydrogen-bond acceptors (Lipinski definition) is 5. The highest BCUT2D eigenvalue weighted by Crippen LogP contribution is 2.19. The van der Waals surface area contributed by atoms with Crippen LogP contribution < -0.4 is 10.2 Å². The highest BCUT2D eigenvalue weighted by molar-refractivity contribution is 7.09. The van der Waals surface area contributed by atoms with Gasteiger partial charge in [-0.2, -0.15) is 0 Å². The predicted octanol–water partition coefficient (Wildman–Crippen LogP) is 3.29. The minimum atomic E-state index is 0.487. The Kier molecular flexibility index (Phi) is 5.31. The fourth-order valence-electron chi connectivity index (χ4n) is 2.24. The van der Waals surface area contributed by atoms with Gasteiger partial charge in [0.15, 0.2) is 0 Å². The lowest BCUT2D eigenvalue weighted by Gasteiger charge is -2.20. The molecule has 0 atom stereocenters. The van der Waals surface area contributed by atoms with Gasteiger partial charge in [-0.25, -0.2) is 9.97 Å². The van der Waals surface area contributed by atoms with Crippen LogP contribution in [0.5, 0.6) is 0 Å². The summed E-state index contributed by atoms with van der Waals surface area (Å²) in [6, 6.07) is 2.70. The van der Waals surface area contributed by atoms with Gasteiger partial charge >= 0.3 is 0 Å². The average Bonchev–Trinajstić information content (AvgIpc) is 2.81. The van der Waals surface area contributed by atoms with Gasteiger partial charge in [0.25, 0.3) is 0 Å². The summed E-state index contributed by atoms with van der Waals surface area (Å²) in [7, 11) is 2.07. The number of nitrogens with one attached hydrogen (secondary N) is 1. The van der Waals surface area contributed by atoms with Gasteiger partial charge in [0.1, 0.15) is 5.82 Å². The van der Waals surface area contributed by atoms with Crippen LogP contribution in [0.2, 0.25) is 0 Å². The van der Waals surface area contributed by atoms with Crippen LogP contribution in [-0.2, 0) is 13.1 Å². The molecule has 4 nitrogen and oxygen atoms in total. The van der Waals surface area contributed by atoms with E-state index in [4.69, 9.17) is 0 Å². The third-order valence-electron chi connectivity index (χ3n) is 3.25. The summed E-state index contributed by atoms with van der Waals surface area (Å²) in [4.78, 5) is 11.3. The minimum Gasteiger partial charge on any atom is -0.354 e. The summed E-state index contributed by atoms with van der Waals surface area (Å²) in [5.41, 5.74) is 3.53. The van der Waals surface area contributed by atoms with Crippen molar-refractivity contribution in [2.45, 2.75) is 46.8 Å². The zero-order valence-electron chi connectivity index (χ0n) is 13.5. The topological polar surface area (TPSA) is 41.1 Å². The molecule has 0 aliphatic rings. The van der Waals surface area contributed by atoms with Crippen LogP contribution in [0, 0.1) is 13.8 Å². The van der Waals surface area contributed by atoms with E-state index in [1.807, 2.05) is 13.1 Å². The number of rotatable bonds is 6. The van der Waals surface area contributed by atoms with Crippen molar-refractivity contribution in [2.75, 3.05) is 11.9 Å². The predicted molar refractivity (Wildman–Crippen MR) is 89.9 cm³/mol. The summed E-state index contributed by atoms with van der Waals surface area (Å²) in [5.74, 6) is 1.02. The van der Waals surface area contributed by atoms with E-state index in [1.165, 1.54) is 11.1 Å². The standard InChI is InChI=1S/C16H24N4S/c1-11(2)17-7-14-6-12(3)16(18-8-14)20(5)9-15-10-21-13(4)19-15/h6,8,10-11,17H,7,9H2,1-5H3. The Hall–Kier alpha value is -1.46. The average molecular weight is 304 g/mol. The van der Waals surface area contributed by atoms with E-state index in [-0.39, 0.29) is 0 Å². The van der Waals surface area contributed by atoms with E-state index >= 15 is 0 Å². The van der Waals surface area contributed by atoms with Crippen molar-refractivity contribution >= 4 is 17.2 Å². The molecule has 0 aliphatic carbocycles. The number of anilines is 1. The van der Waals surface area contributed by atoms with Gasteiger partial charge in [-0.15, -0.1) is 11.3 Å². The number of nitrogens with zero attached hydrogens (tertiary/aromatic N) is 3. The lowest BCUT2D eigenvalue weighted by atomic mass is 10.2. The first-order valence-corrected chi connectivity index (χ1v) is 8.14. The number of aryl methyl sites for hydroxylation is 2. The number of pyridine rings is 1. The van der Waals surface area contributed by atoms with Crippen molar-refractivity contribution < 1.29 is 0 Å². The SMILES string of the molecule is Cc1nc(CN(C)c2ncc(CNC(C)C)cc2C)cs1. The second-order valence-electron chi connectivity index (χ2n) is 5.73. The molecule has 2 heterocycles. The Morgan fingerprint density at radius 2 is 2.10 bits per heavy atom. The molecule has 5 heteroatoms. The molecular weight excluding hydrogens is 280 g/mol. The summed E-state index contributed by atoms with van der Waals surface area (Å²) >= 11 is 1.69. The summed E-state index contributed by atoms with van der Waals surface area (Å²) in [5, 5.41) is 6.64. The molecule has 0 saturated heterocycles. The van der Waals surface area contributed by atoms with Crippen molar-refractivity contribution in [2.24, 2.45) is 0 Å². The molecule has 0 unspecified atom stereocenters. The van der Waals surface area contributed by atoms with Gasteiger partial charge in [-0.1, -0.05) is 13.8 Å². The van der Waals surface area contributed by atoms with Gasteiger partial charge < -0.3 is 10.2 Å². The normalized spacial score (nSPS) is 11.1. The molecule has 0 saturated carbocycles. The molecule has 0 aromatic carbocycles. The monoisotopic (exact) mass is 304 g/mol. The van der Waals surface area contributed by atoms with Crippen LogP contribution in [0.25, 0.3) is 0 Å². The number of thiazole rings is 1. The quantitative estimate of drug-likeness (QED) is 0.889. The van der Waals surface area contributed by atoms with Crippen molar-refractivity contribution in [3.63, 3.8) is 0 Å². The molecular formula is C16H24N4S. The highest BCUT2D eigenvalue weighted by Gasteiger charge is 2.09. The molecule has 21 heavy (non-hydrogen) atoms. The fourth-order valence-corrected chi connectivity index (χ4v) is 2.85. The fraction of sp³-hybridized carbons (Fsp3) is 0.500. The van der Waals surface area contributed by atoms with Gasteiger partial charge in [-0.05, 0) is 31.0 Å². The van der Waals surface area contributed by atoms with Crippen LogP contribution in [0.3, 0.4) is 0 Å². The number of aromatic nitrogens is 2.